The van der Waals surface area contributed by atoms with E-state index in [0.29, 0.717) is 6.04 Å². The Hall–Kier alpha value is -1.63. The van der Waals surface area contributed by atoms with Gasteiger partial charge >= 0.3 is 5.97 Å². The Balaban J connectivity index is 1.48. The number of likely N-dealkylation sites (tertiary alicyclic amines) is 1. The number of aliphatic carboxylic acids is 1. The highest BCUT2D eigenvalue weighted by Gasteiger charge is 2.23. The smallest absolute Gasteiger partial charge is 0.317 e. The van der Waals surface area contributed by atoms with Gasteiger partial charge in [0.05, 0.1) is 6.54 Å². The number of carboxylic acid groups (broad SMARTS) is 1. The van der Waals surface area contributed by atoms with Crippen LogP contribution in [0.1, 0.15) is 18.4 Å². The lowest BCUT2D eigenvalue weighted by atomic mass is 10.0. The summed E-state index contributed by atoms with van der Waals surface area (Å²) in [5.41, 5.74) is 2.66. The number of nitrogens with zero attached hydrogens (tertiary/aromatic N) is 3. The average molecular weight is 346 g/mol. The number of nitrogens with one attached hydrogen (secondary N) is 1. The molecule has 0 aromatic heterocycles. The molecule has 25 heavy (non-hydrogen) atoms. The predicted molar refractivity (Wildman–Crippen MR) is 100 cm³/mol. The Morgan fingerprint density at radius 3 is 2.40 bits per heavy atom. The molecule has 2 saturated heterocycles. The zero-order valence-corrected chi connectivity index (χ0v) is 15.2. The first kappa shape index (κ1) is 18.2. The van der Waals surface area contributed by atoms with Crippen LogP contribution in [0.15, 0.2) is 24.3 Å². The molecule has 2 heterocycles. The number of anilines is 1. The summed E-state index contributed by atoms with van der Waals surface area (Å²) < 4.78 is 0. The summed E-state index contributed by atoms with van der Waals surface area (Å²) in [7, 11) is 2.18. The number of carbonyl (C=O) groups is 1. The molecule has 6 nitrogen and oxygen atoms in total. The number of piperazine rings is 1. The first-order valence-electron chi connectivity index (χ1n) is 9.31. The molecule has 0 spiro atoms. The van der Waals surface area contributed by atoms with E-state index in [0.717, 1.165) is 58.7 Å². The molecule has 0 unspecified atom stereocenters. The van der Waals surface area contributed by atoms with E-state index in [1.807, 2.05) is 4.90 Å². The fourth-order valence-electron chi connectivity index (χ4n) is 3.86. The summed E-state index contributed by atoms with van der Waals surface area (Å²) in [6.45, 7) is 7.15. The topological polar surface area (TPSA) is 59.0 Å². The number of hydrogen-bond acceptors (Lipinski definition) is 5. The van der Waals surface area contributed by atoms with Crippen LogP contribution in [-0.4, -0.2) is 79.8 Å². The van der Waals surface area contributed by atoms with Gasteiger partial charge in [-0.2, -0.15) is 0 Å². The summed E-state index contributed by atoms with van der Waals surface area (Å²) in [6, 6.07) is 9.51. The van der Waals surface area contributed by atoms with Gasteiger partial charge in [0.15, 0.2) is 0 Å². The maximum atomic E-state index is 10.8. The minimum atomic E-state index is -0.726. The summed E-state index contributed by atoms with van der Waals surface area (Å²) in [6.07, 6.45) is 2.09. The zero-order valence-electron chi connectivity index (χ0n) is 15.2. The third-order valence-electron chi connectivity index (χ3n) is 5.39. The highest BCUT2D eigenvalue weighted by molar-refractivity contribution is 5.69. The molecule has 3 rings (SSSR count). The van der Waals surface area contributed by atoms with Crippen LogP contribution in [-0.2, 0) is 11.3 Å². The Bertz CT molecular complexity index is 549. The lowest BCUT2D eigenvalue weighted by molar-refractivity contribution is -0.138. The third-order valence-corrected chi connectivity index (χ3v) is 5.39. The first-order valence-corrected chi connectivity index (χ1v) is 9.31. The Labute approximate surface area is 150 Å². The normalized spacial score (nSPS) is 20.2. The van der Waals surface area contributed by atoms with E-state index < -0.39 is 5.97 Å². The van der Waals surface area contributed by atoms with E-state index in [9.17, 15) is 4.79 Å². The molecule has 0 amide bonds. The predicted octanol–water partition coefficient (Wildman–Crippen LogP) is 1.08. The Morgan fingerprint density at radius 1 is 1.16 bits per heavy atom. The van der Waals surface area contributed by atoms with E-state index in [-0.39, 0.29) is 6.54 Å². The fraction of sp³-hybridized carbons (Fsp3) is 0.632. The monoisotopic (exact) mass is 346 g/mol. The van der Waals surface area contributed by atoms with Crippen molar-refractivity contribution in [1.29, 1.82) is 0 Å². The van der Waals surface area contributed by atoms with E-state index in [1.165, 1.54) is 11.3 Å². The van der Waals surface area contributed by atoms with Crippen molar-refractivity contribution < 1.29 is 9.90 Å². The molecule has 138 valence electrons. The summed E-state index contributed by atoms with van der Waals surface area (Å²) in [4.78, 5) is 17.7. The summed E-state index contributed by atoms with van der Waals surface area (Å²) in [5.74, 6) is -0.726. The fourth-order valence-corrected chi connectivity index (χ4v) is 3.86. The van der Waals surface area contributed by atoms with Crippen molar-refractivity contribution in [3.63, 3.8) is 0 Å². The van der Waals surface area contributed by atoms with Crippen molar-refractivity contribution in [1.82, 2.24) is 15.1 Å². The maximum absolute atomic E-state index is 10.8. The minimum absolute atomic E-state index is 0.171. The van der Waals surface area contributed by atoms with Crippen molar-refractivity contribution in [2.45, 2.75) is 25.4 Å². The molecule has 0 bridgehead atoms. The summed E-state index contributed by atoms with van der Waals surface area (Å²) in [5, 5.41) is 12.3. The average Bonchev–Trinajstić information content (AvgIpc) is 2.63. The van der Waals surface area contributed by atoms with Gasteiger partial charge in [-0.05, 0) is 37.6 Å². The van der Waals surface area contributed by atoms with E-state index in [1.54, 1.807) is 0 Å². The number of carboxylic acids is 1. The van der Waals surface area contributed by atoms with Crippen LogP contribution in [0.5, 0.6) is 0 Å². The molecule has 0 radical (unpaired) electrons. The molecule has 0 saturated carbocycles. The van der Waals surface area contributed by atoms with Crippen molar-refractivity contribution in [2.24, 2.45) is 0 Å². The van der Waals surface area contributed by atoms with Gasteiger partial charge in [0.25, 0.3) is 0 Å². The van der Waals surface area contributed by atoms with Gasteiger partial charge in [0.2, 0.25) is 0 Å². The molecule has 1 aromatic carbocycles. The second kappa shape index (κ2) is 8.65. The van der Waals surface area contributed by atoms with Gasteiger partial charge in [-0.15, -0.1) is 0 Å². The van der Waals surface area contributed by atoms with Crippen LogP contribution < -0.4 is 10.2 Å². The largest absolute Gasteiger partial charge is 0.480 e. The Morgan fingerprint density at radius 2 is 1.80 bits per heavy atom. The van der Waals surface area contributed by atoms with Gasteiger partial charge in [0.1, 0.15) is 0 Å². The molecular weight excluding hydrogens is 316 g/mol. The molecule has 6 heteroatoms. The van der Waals surface area contributed by atoms with Gasteiger partial charge in [-0.25, -0.2) is 0 Å². The molecule has 1 aromatic rings. The van der Waals surface area contributed by atoms with Crippen LogP contribution in [0.2, 0.25) is 0 Å². The van der Waals surface area contributed by atoms with Crippen molar-refractivity contribution >= 4 is 11.7 Å². The second-order valence-corrected chi connectivity index (χ2v) is 7.22. The molecule has 0 atom stereocenters. The van der Waals surface area contributed by atoms with Crippen LogP contribution in [0.4, 0.5) is 5.69 Å². The highest BCUT2D eigenvalue weighted by atomic mass is 16.4. The SMILES string of the molecule is CN(Cc1ccc(N2CCNCC2)cc1)C1CCN(CC(=O)O)CC1. The quantitative estimate of drug-likeness (QED) is 0.804. The van der Waals surface area contributed by atoms with Gasteiger partial charge < -0.3 is 15.3 Å². The highest BCUT2D eigenvalue weighted by Crippen LogP contribution is 2.20. The van der Waals surface area contributed by atoms with Gasteiger partial charge in [-0.3, -0.25) is 14.6 Å². The second-order valence-electron chi connectivity index (χ2n) is 7.22. The van der Waals surface area contributed by atoms with Crippen LogP contribution in [0.25, 0.3) is 0 Å². The maximum Gasteiger partial charge on any atom is 0.317 e. The molecular formula is C19H30N4O2. The molecule has 2 aliphatic heterocycles. The lowest BCUT2D eigenvalue weighted by Crippen LogP contribution is -2.44. The van der Waals surface area contributed by atoms with E-state index >= 15 is 0 Å². The number of benzene rings is 1. The molecule has 0 aliphatic carbocycles. The molecule has 2 N–H and O–H groups in total. The minimum Gasteiger partial charge on any atom is -0.480 e. The number of piperidine rings is 1. The number of rotatable bonds is 6. The zero-order chi connectivity index (χ0) is 17.6. The van der Waals surface area contributed by atoms with Crippen LogP contribution >= 0.6 is 0 Å². The molecule has 2 fully saturated rings. The standard InChI is InChI=1S/C19H30N4O2/c1-21(17-6-10-22(11-7-17)15-19(24)25)14-16-2-4-18(5-3-16)23-12-8-20-9-13-23/h2-5,17,20H,6-15H2,1H3,(H,24,25). The van der Waals surface area contributed by atoms with Crippen LogP contribution in [0, 0.1) is 0 Å². The van der Waals surface area contributed by atoms with Crippen molar-refractivity contribution in [3.8, 4) is 0 Å². The van der Waals surface area contributed by atoms with Crippen LogP contribution in [0.3, 0.4) is 0 Å². The van der Waals surface area contributed by atoms with E-state index in [4.69, 9.17) is 5.11 Å². The Kier molecular flexibility index (Phi) is 6.29. The van der Waals surface area contributed by atoms with Crippen molar-refractivity contribution in [3.05, 3.63) is 29.8 Å². The summed E-state index contributed by atoms with van der Waals surface area (Å²) >= 11 is 0. The van der Waals surface area contributed by atoms with Gasteiger partial charge in [-0.1, -0.05) is 12.1 Å². The lowest BCUT2D eigenvalue weighted by Gasteiger charge is -2.36. The first-order chi connectivity index (χ1) is 12.1. The van der Waals surface area contributed by atoms with E-state index in [2.05, 4.69) is 46.4 Å². The van der Waals surface area contributed by atoms with Gasteiger partial charge in [0, 0.05) is 57.5 Å². The number of hydrogen-bond donors (Lipinski definition) is 2. The van der Waals surface area contributed by atoms with Crippen molar-refractivity contribution in [2.75, 3.05) is 57.8 Å². The third kappa shape index (κ3) is 5.17. The molecule has 2 aliphatic rings.